The van der Waals surface area contributed by atoms with Gasteiger partial charge in [-0.05, 0) is 38.0 Å². The van der Waals surface area contributed by atoms with Crippen molar-refractivity contribution in [3.05, 3.63) is 42.7 Å². The summed E-state index contributed by atoms with van der Waals surface area (Å²) in [4.78, 5) is 23.9. The molecule has 0 saturated carbocycles. The van der Waals surface area contributed by atoms with E-state index in [1.54, 1.807) is 6.26 Å². The van der Waals surface area contributed by atoms with Gasteiger partial charge in [-0.2, -0.15) is 0 Å². The minimum Gasteiger partial charge on any atom is -0.461 e. The maximum Gasteiger partial charge on any atom is 0.235 e. The first kappa shape index (κ1) is 16.1. The molecule has 0 radical (unpaired) electrons. The van der Waals surface area contributed by atoms with Gasteiger partial charge in [-0.1, -0.05) is 30.0 Å². The van der Waals surface area contributed by atoms with Crippen molar-refractivity contribution < 1.29 is 9.21 Å². The Morgan fingerprint density at radius 3 is 2.72 bits per heavy atom. The molecule has 6 heteroatoms. The molecule has 0 N–H and O–H groups in total. The number of aromatic nitrogens is 2. The molecule has 0 spiro atoms. The van der Waals surface area contributed by atoms with Gasteiger partial charge in [-0.3, -0.25) is 4.79 Å². The number of thioether (sulfide) groups is 1. The van der Waals surface area contributed by atoms with E-state index in [2.05, 4.69) is 9.97 Å². The standard InChI is InChI=1S/C19H19N3O2S/c1-13(19(23)22-10-4-5-11-22)25-18-14-7-2-3-8-15(14)20-17(21-18)16-9-6-12-24-16/h2-3,6-9,12-13H,4-5,10-11H2,1H3/t13-/m1/s1. The average Bonchev–Trinajstić information content (AvgIpc) is 3.34. The average molecular weight is 353 g/mol. The van der Waals surface area contributed by atoms with Crippen molar-refractivity contribution in [2.24, 2.45) is 0 Å². The number of hydrogen-bond donors (Lipinski definition) is 0. The van der Waals surface area contributed by atoms with E-state index in [0.717, 1.165) is 41.9 Å². The first-order valence-corrected chi connectivity index (χ1v) is 9.36. The molecule has 1 saturated heterocycles. The molecule has 0 bridgehead atoms. The van der Waals surface area contributed by atoms with Gasteiger partial charge < -0.3 is 9.32 Å². The zero-order chi connectivity index (χ0) is 17.2. The predicted octanol–water partition coefficient (Wildman–Crippen LogP) is 3.99. The molecule has 1 fully saturated rings. The monoisotopic (exact) mass is 353 g/mol. The summed E-state index contributed by atoms with van der Waals surface area (Å²) in [5.74, 6) is 1.36. The molecule has 1 aliphatic rings. The van der Waals surface area contributed by atoms with Crippen molar-refractivity contribution in [3.8, 4) is 11.6 Å². The molecule has 4 rings (SSSR count). The Kier molecular flexibility index (Phi) is 4.44. The van der Waals surface area contributed by atoms with Crippen LogP contribution < -0.4 is 0 Å². The second kappa shape index (κ2) is 6.88. The Labute approximate surface area is 150 Å². The summed E-state index contributed by atoms with van der Waals surface area (Å²) in [6.07, 6.45) is 3.81. The topological polar surface area (TPSA) is 59.2 Å². The molecule has 1 amide bonds. The van der Waals surface area contributed by atoms with E-state index in [-0.39, 0.29) is 11.2 Å². The molecule has 0 aliphatic carbocycles. The van der Waals surface area contributed by atoms with E-state index in [4.69, 9.17) is 4.42 Å². The summed E-state index contributed by atoms with van der Waals surface area (Å²) >= 11 is 1.50. The summed E-state index contributed by atoms with van der Waals surface area (Å²) in [7, 11) is 0. The van der Waals surface area contributed by atoms with Gasteiger partial charge in [0, 0.05) is 18.5 Å². The van der Waals surface area contributed by atoms with E-state index in [0.29, 0.717) is 11.6 Å². The molecule has 1 aliphatic heterocycles. The van der Waals surface area contributed by atoms with Crippen molar-refractivity contribution in [3.63, 3.8) is 0 Å². The molecule has 0 unspecified atom stereocenters. The van der Waals surface area contributed by atoms with Gasteiger partial charge in [0.05, 0.1) is 17.0 Å². The third-order valence-corrected chi connectivity index (χ3v) is 5.45. The summed E-state index contributed by atoms with van der Waals surface area (Å²) < 4.78 is 5.45. The van der Waals surface area contributed by atoms with Crippen molar-refractivity contribution in [1.29, 1.82) is 0 Å². The number of amides is 1. The second-order valence-electron chi connectivity index (χ2n) is 6.14. The fourth-order valence-corrected chi connectivity index (χ4v) is 4.09. The smallest absolute Gasteiger partial charge is 0.235 e. The summed E-state index contributed by atoms with van der Waals surface area (Å²) in [5, 5.41) is 1.60. The van der Waals surface area contributed by atoms with Crippen LogP contribution in [0.4, 0.5) is 0 Å². The number of fused-ring (bicyclic) bond motifs is 1. The Hall–Kier alpha value is -2.34. The van der Waals surface area contributed by atoms with Gasteiger partial charge >= 0.3 is 0 Å². The Balaban J connectivity index is 1.68. The zero-order valence-electron chi connectivity index (χ0n) is 14.0. The van der Waals surface area contributed by atoms with Crippen LogP contribution in [0.3, 0.4) is 0 Å². The van der Waals surface area contributed by atoms with Gasteiger partial charge in [0.25, 0.3) is 0 Å². The summed E-state index contributed by atoms with van der Waals surface area (Å²) in [6, 6.07) is 11.5. The van der Waals surface area contributed by atoms with Crippen LogP contribution in [0.25, 0.3) is 22.5 Å². The van der Waals surface area contributed by atoms with Crippen LogP contribution in [-0.2, 0) is 4.79 Å². The molecule has 3 heterocycles. The third-order valence-electron chi connectivity index (χ3n) is 4.36. The molecular weight excluding hydrogens is 334 g/mol. The van der Waals surface area contributed by atoms with Crippen LogP contribution in [0.5, 0.6) is 0 Å². The van der Waals surface area contributed by atoms with E-state index in [9.17, 15) is 4.79 Å². The minimum absolute atomic E-state index is 0.180. The lowest BCUT2D eigenvalue weighted by molar-refractivity contribution is -0.129. The minimum atomic E-state index is -0.180. The quantitative estimate of drug-likeness (QED) is 0.524. The van der Waals surface area contributed by atoms with E-state index in [1.807, 2.05) is 48.2 Å². The molecule has 1 atom stereocenters. The van der Waals surface area contributed by atoms with Crippen LogP contribution in [-0.4, -0.2) is 39.1 Å². The molecule has 5 nitrogen and oxygen atoms in total. The van der Waals surface area contributed by atoms with Crippen molar-refractivity contribution in [1.82, 2.24) is 14.9 Å². The number of likely N-dealkylation sites (tertiary alicyclic amines) is 1. The highest BCUT2D eigenvalue weighted by atomic mass is 32.2. The largest absolute Gasteiger partial charge is 0.461 e. The number of furan rings is 1. The van der Waals surface area contributed by atoms with Crippen LogP contribution in [0.2, 0.25) is 0 Å². The van der Waals surface area contributed by atoms with Gasteiger partial charge in [0.15, 0.2) is 11.6 Å². The molecular formula is C19H19N3O2S. The summed E-state index contributed by atoms with van der Waals surface area (Å²) in [5.41, 5.74) is 0.854. The number of hydrogen-bond acceptors (Lipinski definition) is 5. The van der Waals surface area contributed by atoms with Crippen LogP contribution >= 0.6 is 11.8 Å². The fourth-order valence-electron chi connectivity index (χ4n) is 3.07. The van der Waals surface area contributed by atoms with Crippen molar-refractivity contribution >= 4 is 28.6 Å². The molecule has 3 aromatic rings. The van der Waals surface area contributed by atoms with Crippen molar-refractivity contribution in [2.45, 2.75) is 30.0 Å². The summed E-state index contributed by atoms with van der Waals surface area (Å²) in [6.45, 7) is 3.69. The normalized spacial score (nSPS) is 15.6. The van der Waals surface area contributed by atoms with Gasteiger partial charge in [-0.25, -0.2) is 9.97 Å². The lowest BCUT2D eigenvalue weighted by Crippen LogP contribution is -2.34. The molecule has 128 valence electrons. The molecule has 2 aromatic heterocycles. The Morgan fingerprint density at radius 2 is 1.96 bits per heavy atom. The number of carbonyl (C=O) groups excluding carboxylic acids is 1. The second-order valence-corrected chi connectivity index (χ2v) is 7.47. The Bertz CT molecular complexity index is 889. The number of para-hydroxylation sites is 1. The van der Waals surface area contributed by atoms with Gasteiger partial charge in [0.1, 0.15) is 5.03 Å². The first-order valence-electron chi connectivity index (χ1n) is 8.48. The Morgan fingerprint density at radius 1 is 1.16 bits per heavy atom. The lowest BCUT2D eigenvalue weighted by atomic mass is 10.2. The number of carbonyl (C=O) groups is 1. The SMILES string of the molecule is C[C@@H](Sc1nc(-c2ccco2)nc2ccccc12)C(=O)N1CCCC1. The third kappa shape index (κ3) is 3.26. The number of nitrogens with zero attached hydrogens (tertiary/aromatic N) is 3. The van der Waals surface area contributed by atoms with E-state index >= 15 is 0 Å². The maximum atomic E-state index is 12.6. The maximum absolute atomic E-state index is 12.6. The van der Waals surface area contributed by atoms with Crippen LogP contribution in [0, 0.1) is 0 Å². The molecule has 25 heavy (non-hydrogen) atoms. The zero-order valence-corrected chi connectivity index (χ0v) is 14.8. The van der Waals surface area contributed by atoms with Crippen molar-refractivity contribution in [2.75, 3.05) is 13.1 Å². The molecule has 1 aromatic carbocycles. The number of benzene rings is 1. The van der Waals surface area contributed by atoms with Crippen LogP contribution in [0.15, 0.2) is 52.1 Å². The van der Waals surface area contributed by atoms with Gasteiger partial charge in [0.2, 0.25) is 5.91 Å². The highest BCUT2D eigenvalue weighted by Gasteiger charge is 2.25. The predicted molar refractivity (Wildman–Crippen MR) is 98.4 cm³/mol. The number of rotatable bonds is 4. The van der Waals surface area contributed by atoms with E-state index in [1.165, 1.54) is 11.8 Å². The van der Waals surface area contributed by atoms with Gasteiger partial charge in [-0.15, -0.1) is 0 Å². The fraction of sp³-hybridized carbons (Fsp3) is 0.316. The highest BCUT2D eigenvalue weighted by molar-refractivity contribution is 8.00. The van der Waals surface area contributed by atoms with E-state index < -0.39 is 0 Å². The lowest BCUT2D eigenvalue weighted by Gasteiger charge is -2.20. The van der Waals surface area contributed by atoms with Crippen LogP contribution in [0.1, 0.15) is 19.8 Å². The highest BCUT2D eigenvalue weighted by Crippen LogP contribution is 2.32. The first-order chi connectivity index (χ1) is 12.2.